The molecule has 0 bridgehead atoms. The van der Waals surface area contributed by atoms with Crippen LogP contribution in [0, 0.1) is 0 Å². The van der Waals surface area contributed by atoms with Gasteiger partial charge >= 0.3 is 12.1 Å². The van der Waals surface area contributed by atoms with E-state index in [4.69, 9.17) is 4.74 Å². The number of aliphatic carboxylic acids is 1. The van der Waals surface area contributed by atoms with Gasteiger partial charge in [-0.1, -0.05) is 49.6 Å². The number of nitrogens with zero attached hydrogens (tertiary/aromatic N) is 2. The molecule has 6 nitrogen and oxygen atoms in total. The highest BCUT2D eigenvalue weighted by Gasteiger charge is 2.50. The van der Waals surface area contributed by atoms with Crippen LogP contribution in [0.25, 0.3) is 0 Å². The maximum Gasteiger partial charge on any atom is 0.417 e. The van der Waals surface area contributed by atoms with Crippen LogP contribution in [-0.4, -0.2) is 27.7 Å². The third-order valence-corrected chi connectivity index (χ3v) is 5.26. The van der Waals surface area contributed by atoms with Crippen molar-refractivity contribution in [2.75, 3.05) is 4.90 Å². The number of carbonyl (C=O) groups is 2. The van der Waals surface area contributed by atoms with Crippen molar-refractivity contribution in [3.05, 3.63) is 47.5 Å². The molecule has 0 spiro atoms. The average molecular weight is 360 g/mol. The summed E-state index contributed by atoms with van der Waals surface area (Å²) in [5, 5.41) is 12.0. The van der Waals surface area contributed by atoms with E-state index in [0.29, 0.717) is 18.0 Å². The van der Waals surface area contributed by atoms with Crippen molar-refractivity contribution in [2.24, 2.45) is 0 Å². The number of carbonyl (C=O) groups excluding carboxylic acids is 1. The second-order valence-corrected chi connectivity index (χ2v) is 6.96. The summed E-state index contributed by atoms with van der Waals surface area (Å²) < 4.78 is 5.43. The number of amides is 1. The van der Waals surface area contributed by atoms with Crippen LogP contribution in [0.1, 0.15) is 37.7 Å². The van der Waals surface area contributed by atoms with E-state index in [1.54, 1.807) is 11.6 Å². The first-order chi connectivity index (χ1) is 12.1. The number of anilines is 1. The minimum absolute atomic E-state index is 0.0945. The molecule has 0 saturated heterocycles. The van der Waals surface area contributed by atoms with Crippen molar-refractivity contribution in [3.8, 4) is 0 Å². The predicted molar refractivity (Wildman–Crippen MR) is 94.7 cm³/mol. The van der Waals surface area contributed by atoms with Crippen LogP contribution < -0.4 is 4.90 Å². The van der Waals surface area contributed by atoms with E-state index in [1.807, 2.05) is 30.3 Å². The lowest BCUT2D eigenvalue weighted by Gasteiger charge is -2.40. The number of hydrogen-bond acceptors (Lipinski definition) is 5. The summed E-state index contributed by atoms with van der Waals surface area (Å²) in [6, 6.07) is 9.32. The molecule has 1 N–H and O–H groups in total. The van der Waals surface area contributed by atoms with E-state index in [0.717, 1.165) is 24.8 Å². The third kappa shape index (κ3) is 3.66. The molecular formula is C18H20N2O4S. The number of rotatable bonds is 5. The molecule has 0 radical (unpaired) electrons. The van der Waals surface area contributed by atoms with E-state index in [2.05, 4.69) is 4.98 Å². The zero-order valence-corrected chi connectivity index (χ0v) is 14.6. The lowest BCUT2D eigenvalue weighted by atomic mass is 9.80. The first kappa shape index (κ1) is 17.4. The Morgan fingerprint density at radius 1 is 1.20 bits per heavy atom. The van der Waals surface area contributed by atoms with Crippen molar-refractivity contribution in [3.63, 3.8) is 0 Å². The molecular weight excluding hydrogens is 340 g/mol. The Balaban J connectivity index is 1.86. The minimum atomic E-state index is -1.29. The lowest BCUT2D eigenvalue weighted by molar-refractivity contribution is -0.144. The van der Waals surface area contributed by atoms with Crippen LogP contribution in [0.3, 0.4) is 0 Å². The fourth-order valence-electron chi connectivity index (χ4n) is 3.22. The molecule has 0 atom stereocenters. The SMILES string of the molecule is O=C(OCc1ccccc1)N(c1nccs1)C1(C(=O)O)CCCCC1. The molecule has 2 aromatic rings. The molecule has 1 heterocycles. The fourth-order valence-corrected chi connectivity index (χ4v) is 3.94. The highest BCUT2D eigenvalue weighted by molar-refractivity contribution is 7.13. The topological polar surface area (TPSA) is 79.7 Å². The molecule has 132 valence electrons. The number of carboxylic acids is 1. The van der Waals surface area contributed by atoms with E-state index in [-0.39, 0.29) is 6.61 Å². The van der Waals surface area contributed by atoms with Crippen molar-refractivity contribution in [1.29, 1.82) is 0 Å². The summed E-state index contributed by atoms with van der Waals surface area (Å²) in [5.74, 6) is -1.00. The van der Waals surface area contributed by atoms with Gasteiger partial charge in [-0.2, -0.15) is 0 Å². The molecule has 25 heavy (non-hydrogen) atoms. The second-order valence-electron chi connectivity index (χ2n) is 6.09. The summed E-state index contributed by atoms with van der Waals surface area (Å²) in [4.78, 5) is 30.4. The average Bonchev–Trinajstić information content (AvgIpc) is 3.16. The largest absolute Gasteiger partial charge is 0.479 e. The smallest absolute Gasteiger partial charge is 0.417 e. The van der Waals surface area contributed by atoms with Crippen LogP contribution in [0.15, 0.2) is 41.9 Å². The van der Waals surface area contributed by atoms with Crippen LogP contribution in [0.5, 0.6) is 0 Å². The molecule has 1 amide bonds. The molecule has 1 saturated carbocycles. The Morgan fingerprint density at radius 2 is 1.92 bits per heavy atom. The van der Waals surface area contributed by atoms with E-state index < -0.39 is 17.6 Å². The van der Waals surface area contributed by atoms with Crippen LogP contribution in [0.2, 0.25) is 0 Å². The first-order valence-electron chi connectivity index (χ1n) is 8.27. The zero-order chi connectivity index (χ0) is 17.7. The van der Waals surface area contributed by atoms with Crippen molar-refractivity contribution < 1.29 is 19.4 Å². The van der Waals surface area contributed by atoms with Gasteiger partial charge in [0, 0.05) is 11.6 Å². The van der Waals surface area contributed by atoms with Gasteiger partial charge in [0.2, 0.25) is 0 Å². The third-order valence-electron chi connectivity index (χ3n) is 4.51. The van der Waals surface area contributed by atoms with Gasteiger partial charge in [-0.15, -0.1) is 11.3 Å². The van der Waals surface area contributed by atoms with Crippen molar-refractivity contribution >= 4 is 28.5 Å². The van der Waals surface area contributed by atoms with Gasteiger partial charge in [-0.05, 0) is 18.4 Å². The van der Waals surface area contributed by atoms with Crippen molar-refractivity contribution in [1.82, 2.24) is 4.98 Å². The van der Waals surface area contributed by atoms with E-state index in [9.17, 15) is 14.7 Å². The maximum absolute atomic E-state index is 12.8. The number of aromatic nitrogens is 1. The van der Waals surface area contributed by atoms with E-state index >= 15 is 0 Å². The molecule has 1 aliphatic carbocycles. The number of ether oxygens (including phenoxy) is 1. The molecule has 1 fully saturated rings. The Labute approximate surface area is 150 Å². The highest BCUT2D eigenvalue weighted by atomic mass is 32.1. The number of thiazole rings is 1. The molecule has 0 aliphatic heterocycles. The Hall–Kier alpha value is -2.41. The summed E-state index contributed by atoms with van der Waals surface area (Å²) in [7, 11) is 0. The summed E-state index contributed by atoms with van der Waals surface area (Å²) >= 11 is 1.24. The minimum Gasteiger partial charge on any atom is -0.479 e. The Bertz CT molecular complexity index is 712. The molecule has 1 aromatic carbocycles. The number of hydrogen-bond donors (Lipinski definition) is 1. The van der Waals surface area contributed by atoms with Gasteiger partial charge in [0.15, 0.2) is 10.7 Å². The fraction of sp³-hybridized carbons (Fsp3) is 0.389. The zero-order valence-electron chi connectivity index (χ0n) is 13.8. The summed E-state index contributed by atoms with van der Waals surface area (Å²) in [6.45, 7) is 0.0945. The normalized spacial score (nSPS) is 16.2. The Kier molecular flexibility index (Phi) is 5.33. The first-order valence-corrected chi connectivity index (χ1v) is 9.15. The van der Waals surface area contributed by atoms with Crippen LogP contribution in [0.4, 0.5) is 9.93 Å². The standard InChI is InChI=1S/C18H20N2O4S/c21-15(22)18(9-5-2-6-10-18)20(16-19-11-12-25-16)17(23)24-13-14-7-3-1-4-8-14/h1,3-4,7-8,11-12H,2,5-6,9-10,13H2,(H,21,22). The van der Waals surface area contributed by atoms with Gasteiger partial charge in [0.1, 0.15) is 6.61 Å². The molecule has 3 rings (SSSR count). The second kappa shape index (κ2) is 7.65. The van der Waals surface area contributed by atoms with Crippen molar-refractivity contribution in [2.45, 2.75) is 44.2 Å². The van der Waals surface area contributed by atoms with Gasteiger partial charge in [-0.3, -0.25) is 0 Å². The van der Waals surface area contributed by atoms with Gasteiger partial charge in [0.05, 0.1) is 0 Å². The number of benzene rings is 1. The molecule has 1 aliphatic rings. The van der Waals surface area contributed by atoms with Crippen LogP contribution >= 0.6 is 11.3 Å². The molecule has 1 aromatic heterocycles. The number of carboxylic acid groups (broad SMARTS) is 1. The predicted octanol–water partition coefficient (Wildman–Crippen LogP) is 4.07. The monoisotopic (exact) mass is 360 g/mol. The summed E-state index contributed by atoms with van der Waals surface area (Å²) in [6.07, 6.45) is 4.21. The molecule has 7 heteroatoms. The van der Waals surface area contributed by atoms with E-state index in [1.165, 1.54) is 16.2 Å². The van der Waals surface area contributed by atoms with Crippen LogP contribution in [-0.2, 0) is 16.1 Å². The quantitative estimate of drug-likeness (QED) is 0.869. The summed E-state index contributed by atoms with van der Waals surface area (Å²) in [5.41, 5.74) is -0.438. The highest BCUT2D eigenvalue weighted by Crippen LogP contribution is 2.38. The Morgan fingerprint density at radius 3 is 2.52 bits per heavy atom. The van der Waals surface area contributed by atoms with Gasteiger partial charge < -0.3 is 9.84 Å². The molecule has 0 unspecified atom stereocenters. The maximum atomic E-state index is 12.8. The lowest BCUT2D eigenvalue weighted by Crippen LogP contribution is -2.58. The van der Waals surface area contributed by atoms with Gasteiger partial charge in [0.25, 0.3) is 0 Å². The van der Waals surface area contributed by atoms with Gasteiger partial charge in [-0.25, -0.2) is 19.5 Å².